The van der Waals surface area contributed by atoms with E-state index in [0.717, 1.165) is 6.07 Å². The summed E-state index contributed by atoms with van der Waals surface area (Å²) in [6.07, 6.45) is 0.0153. The Morgan fingerprint density at radius 1 is 1.42 bits per heavy atom. The van der Waals surface area contributed by atoms with Gasteiger partial charge in [0.1, 0.15) is 5.25 Å². The summed E-state index contributed by atoms with van der Waals surface area (Å²) < 4.78 is 24.7. The van der Waals surface area contributed by atoms with Gasteiger partial charge < -0.3 is 10.8 Å². The van der Waals surface area contributed by atoms with Crippen LogP contribution >= 0.6 is 15.9 Å². The third-order valence-electron chi connectivity index (χ3n) is 2.55. The molecule has 0 saturated carbocycles. The minimum Gasteiger partial charge on any atom is -0.478 e. The number of nitrogens with two attached hydrogens (primary N) is 1. The average Bonchev–Trinajstić information content (AvgIpc) is 2.28. The van der Waals surface area contributed by atoms with Crippen LogP contribution in [0.5, 0.6) is 0 Å². The summed E-state index contributed by atoms with van der Waals surface area (Å²) in [4.78, 5) is 21.8. The standard InChI is InChI=1S/C11H12BrNO5S/c1-2-8(10(13)14)19(17,18)9-5-6(11(15)16)3-4-7(9)12/h3-5,8H,2H2,1H3,(H2,13,14)(H,15,16). The first-order valence-corrected chi connectivity index (χ1v) is 7.61. The molecule has 1 rings (SSSR count). The number of sulfone groups is 1. The Kier molecular flexibility index (Phi) is 4.70. The molecule has 0 radical (unpaired) electrons. The van der Waals surface area contributed by atoms with Crippen molar-refractivity contribution in [1.82, 2.24) is 0 Å². The molecule has 1 amide bonds. The van der Waals surface area contributed by atoms with Gasteiger partial charge in [-0.2, -0.15) is 0 Å². The maximum Gasteiger partial charge on any atom is 0.335 e. The molecule has 0 heterocycles. The molecule has 0 aliphatic rings. The van der Waals surface area contributed by atoms with E-state index < -0.39 is 27.0 Å². The minimum atomic E-state index is -4.02. The van der Waals surface area contributed by atoms with Crippen molar-refractivity contribution >= 4 is 37.6 Å². The Morgan fingerprint density at radius 3 is 2.42 bits per heavy atom. The van der Waals surface area contributed by atoms with E-state index in [1.54, 1.807) is 0 Å². The van der Waals surface area contributed by atoms with Gasteiger partial charge in [-0.25, -0.2) is 13.2 Å². The van der Waals surface area contributed by atoms with Crippen molar-refractivity contribution in [2.24, 2.45) is 5.73 Å². The summed E-state index contributed by atoms with van der Waals surface area (Å²) in [5, 5.41) is 7.49. The summed E-state index contributed by atoms with van der Waals surface area (Å²) >= 11 is 3.04. The average molecular weight is 350 g/mol. The second kappa shape index (κ2) is 5.70. The smallest absolute Gasteiger partial charge is 0.335 e. The molecule has 1 aromatic carbocycles. The van der Waals surface area contributed by atoms with Crippen molar-refractivity contribution in [3.63, 3.8) is 0 Å². The van der Waals surface area contributed by atoms with E-state index in [-0.39, 0.29) is 21.4 Å². The largest absolute Gasteiger partial charge is 0.478 e. The maximum atomic E-state index is 12.3. The molecule has 104 valence electrons. The molecule has 0 spiro atoms. The van der Waals surface area contributed by atoms with Gasteiger partial charge in [0, 0.05) is 4.47 Å². The lowest BCUT2D eigenvalue weighted by Gasteiger charge is -2.14. The van der Waals surface area contributed by atoms with Gasteiger partial charge in [0.05, 0.1) is 10.5 Å². The van der Waals surface area contributed by atoms with Gasteiger partial charge >= 0.3 is 5.97 Å². The van der Waals surface area contributed by atoms with E-state index in [4.69, 9.17) is 10.8 Å². The van der Waals surface area contributed by atoms with Gasteiger partial charge in [-0.15, -0.1) is 0 Å². The highest BCUT2D eigenvalue weighted by atomic mass is 79.9. The SMILES string of the molecule is CCC(C(N)=O)S(=O)(=O)c1cc(C(=O)O)ccc1Br. The third kappa shape index (κ3) is 3.13. The third-order valence-corrected chi connectivity index (χ3v) is 5.77. The fourth-order valence-corrected chi connectivity index (χ4v) is 4.19. The first-order chi connectivity index (χ1) is 8.71. The van der Waals surface area contributed by atoms with Crippen LogP contribution in [-0.4, -0.2) is 30.7 Å². The van der Waals surface area contributed by atoms with E-state index in [0.29, 0.717) is 0 Å². The number of carbonyl (C=O) groups excluding carboxylic acids is 1. The first kappa shape index (κ1) is 15.6. The number of primary amides is 1. The van der Waals surface area contributed by atoms with E-state index in [2.05, 4.69) is 15.9 Å². The van der Waals surface area contributed by atoms with E-state index in [9.17, 15) is 18.0 Å². The highest BCUT2D eigenvalue weighted by Crippen LogP contribution is 2.27. The summed E-state index contributed by atoms with van der Waals surface area (Å²) in [5.74, 6) is -2.22. The van der Waals surface area contributed by atoms with Crippen LogP contribution < -0.4 is 5.73 Å². The van der Waals surface area contributed by atoms with Gasteiger partial charge in [-0.1, -0.05) is 6.92 Å². The van der Waals surface area contributed by atoms with Crippen molar-refractivity contribution < 1.29 is 23.1 Å². The lowest BCUT2D eigenvalue weighted by molar-refractivity contribution is -0.117. The van der Waals surface area contributed by atoms with Crippen molar-refractivity contribution in [2.75, 3.05) is 0 Å². The molecule has 6 nitrogen and oxygen atoms in total. The molecule has 1 atom stereocenters. The van der Waals surface area contributed by atoms with Crippen LogP contribution in [0.1, 0.15) is 23.7 Å². The van der Waals surface area contributed by atoms with Crippen LogP contribution in [0, 0.1) is 0 Å². The van der Waals surface area contributed by atoms with Crippen LogP contribution in [0.25, 0.3) is 0 Å². The summed E-state index contributed by atoms with van der Waals surface area (Å²) in [5.41, 5.74) is 4.89. The normalized spacial score (nSPS) is 12.9. The number of carboxylic acids is 1. The fourth-order valence-electron chi connectivity index (χ4n) is 1.58. The summed E-state index contributed by atoms with van der Waals surface area (Å²) in [6, 6.07) is 3.58. The van der Waals surface area contributed by atoms with Crippen molar-refractivity contribution in [2.45, 2.75) is 23.5 Å². The predicted molar refractivity (Wildman–Crippen MR) is 71.6 cm³/mol. The molecule has 0 bridgehead atoms. The molecule has 0 aliphatic heterocycles. The van der Waals surface area contributed by atoms with Gasteiger partial charge in [0.15, 0.2) is 9.84 Å². The lowest BCUT2D eigenvalue weighted by Crippen LogP contribution is -2.35. The number of aromatic carboxylic acids is 1. The number of hydrogen-bond acceptors (Lipinski definition) is 4. The van der Waals surface area contributed by atoms with Crippen LogP contribution in [0.3, 0.4) is 0 Å². The lowest BCUT2D eigenvalue weighted by atomic mass is 10.2. The molecule has 0 aromatic heterocycles. The fraction of sp³-hybridized carbons (Fsp3) is 0.273. The predicted octanol–water partition coefficient (Wildman–Crippen LogP) is 1.18. The van der Waals surface area contributed by atoms with E-state index >= 15 is 0 Å². The maximum absolute atomic E-state index is 12.3. The number of amides is 1. The van der Waals surface area contributed by atoms with Crippen molar-refractivity contribution in [3.05, 3.63) is 28.2 Å². The highest BCUT2D eigenvalue weighted by molar-refractivity contribution is 9.10. The number of carboxylic acid groups (broad SMARTS) is 1. The molecule has 0 fully saturated rings. The molecule has 0 saturated heterocycles. The Balaban J connectivity index is 3.47. The number of halogens is 1. The summed E-state index contributed by atoms with van der Waals surface area (Å²) in [7, 11) is -4.02. The molecule has 3 N–H and O–H groups in total. The minimum absolute atomic E-state index is 0.0153. The topological polar surface area (TPSA) is 115 Å². The van der Waals surface area contributed by atoms with Crippen LogP contribution in [0.15, 0.2) is 27.6 Å². The number of hydrogen-bond donors (Lipinski definition) is 2. The van der Waals surface area contributed by atoms with Crippen LogP contribution in [-0.2, 0) is 14.6 Å². The zero-order chi connectivity index (χ0) is 14.8. The monoisotopic (exact) mass is 349 g/mol. The van der Waals surface area contributed by atoms with Gasteiger partial charge in [0.25, 0.3) is 0 Å². The Morgan fingerprint density at radius 2 is 2.00 bits per heavy atom. The van der Waals surface area contributed by atoms with Gasteiger partial charge in [-0.05, 0) is 40.5 Å². The highest BCUT2D eigenvalue weighted by Gasteiger charge is 2.32. The van der Waals surface area contributed by atoms with E-state index in [1.807, 2.05) is 0 Å². The molecular weight excluding hydrogens is 338 g/mol. The van der Waals surface area contributed by atoms with Crippen molar-refractivity contribution in [3.8, 4) is 0 Å². The van der Waals surface area contributed by atoms with E-state index in [1.165, 1.54) is 19.1 Å². The molecule has 19 heavy (non-hydrogen) atoms. The Bertz CT molecular complexity index is 626. The molecule has 0 aliphatic carbocycles. The Labute approximate surface area is 118 Å². The molecule has 1 aromatic rings. The molecular formula is C11H12BrNO5S. The van der Waals surface area contributed by atoms with Crippen molar-refractivity contribution in [1.29, 1.82) is 0 Å². The molecule has 8 heteroatoms. The number of benzene rings is 1. The quantitative estimate of drug-likeness (QED) is 0.828. The van der Waals surface area contributed by atoms with Crippen LogP contribution in [0.2, 0.25) is 0 Å². The second-order valence-electron chi connectivity index (χ2n) is 3.79. The zero-order valence-electron chi connectivity index (χ0n) is 9.96. The van der Waals surface area contributed by atoms with Gasteiger partial charge in [0.2, 0.25) is 5.91 Å². The number of rotatable bonds is 5. The molecule has 1 unspecified atom stereocenters. The Hall–Kier alpha value is -1.41. The van der Waals surface area contributed by atoms with Crippen LogP contribution in [0.4, 0.5) is 0 Å². The zero-order valence-corrected chi connectivity index (χ0v) is 12.4. The number of carbonyl (C=O) groups is 2. The van der Waals surface area contributed by atoms with Gasteiger partial charge in [-0.3, -0.25) is 4.79 Å². The summed E-state index contributed by atoms with van der Waals surface area (Å²) in [6.45, 7) is 1.52. The second-order valence-corrected chi connectivity index (χ2v) is 6.75. The first-order valence-electron chi connectivity index (χ1n) is 5.27.